The highest BCUT2D eigenvalue weighted by Crippen LogP contribution is 2.48. The molecule has 4 nitrogen and oxygen atoms in total. The standard InChI is InChI=1S/C24H32O4/c1-23(2)10-9-17(18(25)12-23)21(15-7-6-8-16(11-15)28-5)22-19(26)13-24(3,4)14-20(22)27/h6-8,11,17,21-22H,9-10,12-14H2,1-5H3. The van der Waals surface area contributed by atoms with Gasteiger partial charge in [-0.15, -0.1) is 0 Å². The van der Waals surface area contributed by atoms with Crippen molar-refractivity contribution < 1.29 is 19.1 Å². The van der Waals surface area contributed by atoms with E-state index < -0.39 is 11.8 Å². The highest BCUT2D eigenvalue weighted by atomic mass is 16.5. The molecule has 0 aromatic heterocycles. The molecule has 2 aliphatic carbocycles. The van der Waals surface area contributed by atoms with E-state index in [1.807, 2.05) is 38.1 Å². The van der Waals surface area contributed by atoms with Crippen LogP contribution in [0.4, 0.5) is 0 Å². The van der Waals surface area contributed by atoms with Gasteiger partial charge in [-0.3, -0.25) is 14.4 Å². The quantitative estimate of drug-likeness (QED) is 0.703. The number of ether oxygens (including phenoxy) is 1. The predicted molar refractivity (Wildman–Crippen MR) is 108 cm³/mol. The molecule has 1 aromatic rings. The number of carbonyl (C=O) groups excluding carboxylic acids is 3. The Hall–Kier alpha value is -1.97. The molecular formula is C24H32O4. The summed E-state index contributed by atoms with van der Waals surface area (Å²) >= 11 is 0. The monoisotopic (exact) mass is 384 g/mol. The van der Waals surface area contributed by atoms with E-state index in [1.165, 1.54) is 0 Å². The number of carbonyl (C=O) groups is 3. The van der Waals surface area contributed by atoms with Crippen LogP contribution in [0, 0.1) is 22.7 Å². The van der Waals surface area contributed by atoms with Gasteiger partial charge in [0.05, 0.1) is 13.0 Å². The van der Waals surface area contributed by atoms with Gasteiger partial charge < -0.3 is 4.74 Å². The van der Waals surface area contributed by atoms with Crippen LogP contribution in [-0.4, -0.2) is 24.5 Å². The summed E-state index contributed by atoms with van der Waals surface area (Å²) in [6.07, 6.45) is 2.91. The van der Waals surface area contributed by atoms with Crippen LogP contribution in [0.1, 0.15) is 71.3 Å². The molecule has 0 aliphatic heterocycles. The second-order valence-corrected chi connectivity index (χ2v) is 10.2. The van der Waals surface area contributed by atoms with Crippen molar-refractivity contribution in [3.63, 3.8) is 0 Å². The van der Waals surface area contributed by atoms with Crippen molar-refractivity contribution in [2.75, 3.05) is 7.11 Å². The van der Waals surface area contributed by atoms with Gasteiger partial charge in [-0.25, -0.2) is 0 Å². The first-order chi connectivity index (χ1) is 13.0. The zero-order valence-corrected chi connectivity index (χ0v) is 17.7. The Labute approximate surface area is 168 Å². The lowest BCUT2D eigenvalue weighted by Gasteiger charge is -2.42. The SMILES string of the molecule is COc1cccc(C(C2CCC(C)(C)CC2=O)C2C(=O)CC(C)(C)CC2=O)c1. The number of rotatable bonds is 4. The molecule has 4 heteroatoms. The second kappa shape index (κ2) is 7.46. The van der Waals surface area contributed by atoms with Gasteiger partial charge in [-0.2, -0.15) is 0 Å². The average molecular weight is 385 g/mol. The molecule has 0 N–H and O–H groups in total. The van der Waals surface area contributed by atoms with Crippen molar-refractivity contribution in [3.05, 3.63) is 29.8 Å². The lowest BCUT2D eigenvalue weighted by atomic mass is 9.59. The number of hydrogen-bond acceptors (Lipinski definition) is 4. The van der Waals surface area contributed by atoms with E-state index in [9.17, 15) is 14.4 Å². The molecule has 2 fully saturated rings. The molecule has 0 spiro atoms. The third kappa shape index (κ3) is 4.21. The van der Waals surface area contributed by atoms with E-state index in [0.29, 0.717) is 31.4 Å². The molecule has 152 valence electrons. The third-order valence-electron chi connectivity index (χ3n) is 6.47. The van der Waals surface area contributed by atoms with E-state index >= 15 is 0 Å². The van der Waals surface area contributed by atoms with Gasteiger partial charge in [0.1, 0.15) is 23.1 Å². The van der Waals surface area contributed by atoms with Gasteiger partial charge in [-0.1, -0.05) is 39.8 Å². The van der Waals surface area contributed by atoms with Gasteiger partial charge in [0, 0.05) is 31.1 Å². The smallest absolute Gasteiger partial charge is 0.144 e. The summed E-state index contributed by atoms with van der Waals surface area (Å²) in [6, 6.07) is 7.54. The molecule has 2 saturated carbocycles. The summed E-state index contributed by atoms with van der Waals surface area (Å²) < 4.78 is 5.37. The maximum absolute atomic E-state index is 13.1. The van der Waals surface area contributed by atoms with E-state index in [0.717, 1.165) is 12.0 Å². The van der Waals surface area contributed by atoms with Crippen LogP contribution in [0.5, 0.6) is 5.75 Å². The van der Waals surface area contributed by atoms with Crippen molar-refractivity contribution in [2.45, 2.75) is 65.7 Å². The minimum absolute atomic E-state index is 0.0188. The van der Waals surface area contributed by atoms with E-state index in [4.69, 9.17) is 4.74 Å². The number of benzene rings is 1. The van der Waals surface area contributed by atoms with Gasteiger partial charge in [0.15, 0.2) is 0 Å². The van der Waals surface area contributed by atoms with Gasteiger partial charge in [0.25, 0.3) is 0 Å². The lowest BCUT2D eigenvalue weighted by molar-refractivity contribution is -0.142. The van der Waals surface area contributed by atoms with Crippen LogP contribution < -0.4 is 4.74 Å². The molecule has 0 radical (unpaired) electrons. The molecule has 1 aromatic carbocycles. The maximum Gasteiger partial charge on any atom is 0.144 e. The Kier molecular flexibility index (Phi) is 5.53. The van der Waals surface area contributed by atoms with Crippen molar-refractivity contribution in [3.8, 4) is 5.75 Å². The Morgan fingerprint density at radius 2 is 1.54 bits per heavy atom. The molecule has 2 unspecified atom stereocenters. The molecule has 2 aliphatic rings. The minimum atomic E-state index is -0.727. The molecule has 0 amide bonds. The first-order valence-corrected chi connectivity index (χ1v) is 10.3. The van der Waals surface area contributed by atoms with Crippen molar-refractivity contribution >= 4 is 17.3 Å². The van der Waals surface area contributed by atoms with Crippen molar-refractivity contribution in [1.29, 1.82) is 0 Å². The number of ketones is 3. The fourth-order valence-electron chi connectivity index (χ4n) is 5.09. The summed E-state index contributed by atoms with van der Waals surface area (Å²) in [6.45, 7) is 8.16. The minimum Gasteiger partial charge on any atom is -0.497 e. The zero-order valence-electron chi connectivity index (χ0n) is 17.7. The van der Waals surface area contributed by atoms with Gasteiger partial charge in [0.2, 0.25) is 0 Å². The summed E-state index contributed by atoms with van der Waals surface area (Å²) in [4.78, 5) is 39.3. The molecule has 28 heavy (non-hydrogen) atoms. The average Bonchev–Trinajstić information content (AvgIpc) is 2.57. The normalized spacial score (nSPS) is 26.2. The fourth-order valence-corrected chi connectivity index (χ4v) is 5.09. The van der Waals surface area contributed by atoms with Crippen LogP contribution in [-0.2, 0) is 14.4 Å². The number of Topliss-reactive ketones (excluding diaryl/α,β-unsaturated/α-hetero) is 3. The van der Waals surface area contributed by atoms with E-state index in [-0.39, 0.29) is 34.1 Å². The van der Waals surface area contributed by atoms with Gasteiger partial charge >= 0.3 is 0 Å². The Morgan fingerprint density at radius 3 is 2.11 bits per heavy atom. The van der Waals surface area contributed by atoms with Crippen LogP contribution in [0.2, 0.25) is 0 Å². The van der Waals surface area contributed by atoms with Crippen molar-refractivity contribution in [2.24, 2.45) is 22.7 Å². The summed E-state index contributed by atoms with van der Waals surface area (Å²) in [5.74, 6) is -0.598. The van der Waals surface area contributed by atoms with Crippen LogP contribution >= 0.6 is 0 Å². The molecule has 0 bridgehead atoms. The first kappa shape index (κ1) is 20.8. The number of hydrogen-bond donors (Lipinski definition) is 0. The van der Waals surface area contributed by atoms with Crippen LogP contribution in [0.3, 0.4) is 0 Å². The predicted octanol–water partition coefficient (Wildman–Crippen LogP) is 4.75. The topological polar surface area (TPSA) is 60.4 Å². The highest BCUT2D eigenvalue weighted by Gasteiger charge is 2.49. The Balaban J connectivity index is 2.03. The van der Waals surface area contributed by atoms with Gasteiger partial charge in [-0.05, 0) is 41.4 Å². The van der Waals surface area contributed by atoms with Crippen molar-refractivity contribution in [1.82, 2.24) is 0 Å². The van der Waals surface area contributed by atoms with E-state index in [2.05, 4.69) is 13.8 Å². The summed E-state index contributed by atoms with van der Waals surface area (Å²) in [7, 11) is 1.60. The maximum atomic E-state index is 13.1. The molecule has 0 saturated heterocycles. The third-order valence-corrected chi connectivity index (χ3v) is 6.47. The largest absolute Gasteiger partial charge is 0.497 e. The van der Waals surface area contributed by atoms with Crippen LogP contribution in [0.15, 0.2) is 24.3 Å². The Bertz CT molecular complexity index is 770. The molecule has 2 atom stereocenters. The zero-order chi connectivity index (χ0) is 20.7. The molecule has 3 rings (SSSR count). The molecular weight excluding hydrogens is 352 g/mol. The summed E-state index contributed by atoms with van der Waals surface area (Å²) in [5, 5.41) is 0. The van der Waals surface area contributed by atoms with E-state index in [1.54, 1.807) is 7.11 Å². The second-order valence-electron chi connectivity index (χ2n) is 10.2. The Morgan fingerprint density at radius 1 is 0.929 bits per heavy atom. The number of methoxy groups -OCH3 is 1. The summed E-state index contributed by atoms with van der Waals surface area (Å²) in [5.41, 5.74) is 0.542. The highest BCUT2D eigenvalue weighted by molar-refractivity contribution is 6.06. The lowest BCUT2D eigenvalue weighted by Crippen LogP contribution is -2.45. The fraction of sp³-hybridized carbons (Fsp3) is 0.625. The first-order valence-electron chi connectivity index (χ1n) is 10.3. The van der Waals surface area contributed by atoms with Crippen LogP contribution in [0.25, 0.3) is 0 Å². The molecule has 0 heterocycles.